The van der Waals surface area contributed by atoms with E-state index in [1.54, 1.807) is 24.7 Å². The fourth-order valence-corrected chi connectivity index (χ4v) is 2.74. The van der Waals surface area contributed by atoms with Crippen LogP contribution in [0.3, 0.4) is 0 Å². The van der Waals surface area contributed by atoms with Crippen LogP contribution in [0, 0.1) is 6.92 Å². The van der Waals surface area contributed by atoms with Crippen molar-refractivity contribution in [2.45, 2.75) is 6.92 Å². The zero-order valence-corrected chi connectivity index (χ0v) is 12.1. The molecule has 2 heterocycles. The summed E-state index contributed by atoms with van der Waals surface area (Å²) >= 11 is 1.52. The van der Waals surface area contributed by atoms with E-state index in [1.807, 2.05) is 30.4 Å². The first kappa shape index (κ1) is 13.5. The number of benzene rings is 1. The number of para-hydroxylation sites is 1. The number of aromatic carboxylic acids is 1. The molecule has 4 nitrogen and oxygen atoms in total. The van der Waals surface area contributed by atoms with E-state index in [9.17, 15) is 9.90 Å². The predicted octanol–water partition coefficient (Wildman–Crippen LogP) is 3.87. The SMILES string of the molecule is Cc1c(/C=C/c2cncs2)nc2ccccc2c1C(=O)O. The second kappa shape index (κ2) is 5.46. The van der Waals surface area contributed by atoms with Gasteiger partial charge in [-0.05, 0) is 30.7 Å². The molecule has 104 valence electrons. The van der Waals surface area contributed by atoms with Crippen LogP contribution in [0.25, 0.3) is 23.1 Å². The van der Waals surface area contributed by atoms with Gasteiger partial charge in [0.25, 0.3) is 0 Å². The minimum Gasteiger partial charge on any atom is -0.478 e. The molecule has 0 saturated carbocycles. The van der Waals surface area contributed by atoms with Crippen LogP contribution in [0.5, 0.6) is 0 Å². The maximum atomic E-state index is 11.6. The summed E-state index contributed by atoms with van der Waals surface area (Å²) in [5, 5.41) is 10.1. The summed E-state index contributed by atoms with van der Waals surface area (Å²) in [4.78, 5) is 21.1. The third kappa shape index (κ3) is 2.55. The Balaban J connectivity index is 2.19. The standard InChI is InChI=1S/C16H12N2O2S/c1-10-13(7-6-11-8-17-9-21-11)18-14-5-3-2-4-12(14)15(10)16(19)20/h2-9H,1H3,(H,19,20)/b7-6+. The van der Waals surface area contributed by atoms with Crippen molar-refractivity contribution in [2.75, 3.05) is 0 Å². The quantitative estimate of drug-likeness (QED) is 0.797. The van der Waals surface area contributed by atoms with Gasteiger partial charge < -0.3 is 5.11 Å². The van der Waals surface area contributed by atoms with Gasteiger partial charge in [-0.2, -0.15) is 0 Å². The fraction of sp³-hybridized carbons (Fsp3) is 0.0625. The fourth-order valence-electron chi connectivity index (χ4n) is 2.23. The Morgan fingerprint density at radius 2 is 2.10 bits per heavy atom. The second-order valence-corrected chi connectivity index (χ2v) is 5.47. The molecule has 0 atom stereocenters. The van der Waals surface area contributed by atoms with Crippen LogP contribution in [-0.2, 0) is 0 Å². The van der Waals surface area contributed by atoms with Crippen LogP contribution >= 0.6 is 11.3 Å². The van der Waals surface area contributed by atoms with Gasteiger partial charge in [0.1, 0.15) is 0 Å². The lowest BCUT2D eigenvalue weighted by molar-refractivity contribution is 0.0698. The molecule has 21 heavy (non-hydrogen) atoms. The van der Waals surface area contributed by atoms with E-state index in [1.165, 1.54) is 11.3 Å². The lowest BCUT2D eigenvalue weighted by atomic mass is 10.0. The number of rotatable bonds is 3. The van der Waals surface area contributed by atoms with Crippen LogP contribution in [0.2, 0.25) is 0 Å². The first-order valence-corrected chi connectivity index (χ1v) is 7.24. The van der Waals surface area contributed by atoms with Crippen molar-refractivity contribution >= 4 is 40.4 Å². The summed E-state index contributed by atoms with van der Waals surface area (Å²) in [6.07, 6.45) is 5.49. The van der Waals surface area contributed by atoms with Crippen molar-refractivity contribution in [1.82, 2.24) is 9.97 Å². The van der Waals surface area contributed by atoms with Crippen molar-refractivity contribution < 1.29 is 9.90 Å². The van der Waals surface area contributed by atoms with Crippen LogP contribution in [0.1, 0.15) is 26.5 Å². The van der Waals surface area contributed by atoms with Gasteiger partial charge in [0.15, 0.2) is 0 Å². The number of carboxylic acids is 1. The summed E-state index contributed by atoms with van der Waals surface area (Å²) in [5.41, 5.74) is 4.08. The minimum absolute atomic E-state index is 0.310. The van der Waals surface area contributed by atoms with E-state index in [-0.39, 0.29) is 0 Å². The molecule has 2 aromatic heterocycles. The van der Waals surface area contributed by atoms with E-state index in [0.29, 0.717) is 27.7 Å². The minimum atomic E-state index is -0.932. The molecule has 3 aromatic rings. The maximum absolute atomic E-state index is 11.6. The molecule has 1 N–H and O–H groups in total. The van der Waals surface area contributed by atoms with Crippen LogP contribution in [0.4, 0.5) is 0 Å². The predicted molar refractivity (Wildman–Crippen MR) is 84.5 cm³/mol. The van der Waals surface area contributed by atoms with Crippen molar-refractivity contribution in [3.05, 3.63) is 57.7 Å². The van der Waals surface area contributed by atoms with E-state index >= 15 is 0 Å². The number of hydrogen-bond donors (Lipinski definition) is 1. The molecule has 5 heteroatoms. The Bertz CT molecular complexity index is 839. The van der Waals surface area contributed by atoms with Gasteiger partial charge in [-0.15, -0.1) is 11.3 Å². The Labute approximate surface area is 125 Å². The third-order valence-corrected chi connectivity index (χ3v) is 3.99. The number of pyridine rings is 1. The summed E-state index contributed by atoms with van der Waals surface area (Å²) in [6, 6.07) is 7.29. The average molecular weight is 296 g/mol. The first-order valence-electron chi connectivity index (χ1n) is 6.36. The molecular formula is C16H12N2O2S. The summed E-state index contributed by atoms with van der Waals surface area (Å²) in [5.74, 6) is -0.932. The van der Waals surface area contributed by atoms with Crippen LogP contribution in [-0.4, -0.2) is 21.0 Å². The zero-order chi connectivity index (χ0) is 14.8. The average Bonchev–Trinajstić information content (AvgIpc) is 2.98. The first-order chi connectivity index (χ1) is 10.2. The van der Waals surface area contributed by atoms with Crippen molar-refractivity contribution in [3.63, 3.8) is 0 Å². The molecule has 0 unspecified atom stereocenters. The molecule has 1 aromatic carbocycles. The summed E-state index contributed by atoms with van der Waals surface area (Å²) < 4.78 is 0. The summed E-state index contributed by atoms with van der Waals surface area (Å²) in [6.45, 7) is 1.79. The third-order valence-electron chi connectivity index (χ3n) is 3.24. The summed E-state index contributed by atoms with van der Waals surface area (Å²) in [7, 11) is 0. The van der Waals surface area contributed by atoms with Gasteiger partial charge in [0.05, 0.1) is 22.3 Å². The highest BCUT2D eigenvalue weighted by Gasteiger charge is 2.15. The van der Waals surface area contributed by atoms with E-state index in [4.69, 9.17) is 0 Å². The largest absolute Gasteiger partial charge is 0.478 e. The molecule has 0 amide bonds. The van der Waals surface area contributed by atoms with Crippen molar-refractivity contribution in [3.8, 4) is 0 Å². The van der Waals surface area contributed by atoms with E-state index in [2.05, 4.69) is 9.97 Å². The highest BCUT2D eigenvalue weighted by molar-refractivity contribution is 7.10. The number of nitrogens with zero attached hydrogens (tertiary/aromatic N) is 2. The molecule has 0 aliphatic heterocycles. The van der Waals surface area contributed by atoms with Crippen molar-refractivity contribution in [1.29, 1.82) is 0 Å². The maximum Gasteiger partial charge on any atom is 0.336 e. The Morgan fingerprint density at radius 3 is 2.81 bits per heavy atom. The second-order valence-electron chi connectivity index (χ2n) is 4.56. The Hall–Kier alpha value is -2.53. The monoisotopic (exact) mass is 296 g/mol. The van der Waals surface area contributed by atoms with E-state index < -0.39 is 5.97 Å². The smallest absolute Gasteiger partial charge is 0.336 e. The van der Waals surface area contributed by atoms with E-state index in [0.717, 1.165) is 4.88 Å². The molecule has 0 spiro atoms. The van der Waals surface area contributed by atoms with Crippen molar-refractivity contribution in [2.24, 2.45) is 0 Å². The number of carbonyl (C=O) groups is 1. The number of aromatic nitrogens is 2. The molecule has 0 aliphatic carbocycles. The number of fused-ring (bicyclic) bond motifs is 1. The lowest BCUT2D eigenvalue weighted by Gasteiger charge is -2.09. The van der Waals surface area contributed by atoms with Gasteiger partial charge in [-0.25, -0.2) is 9.78 Å². The molecule has 3 rings (SSSR count). The molecule has 0 bridgehead atoms. The normalized spacial score (nSPS) is 11.3. The van der Waals surface area contributed by atoms with Gasteiger partial charge in [0, 0.05) is 16.5 Å². The molecule has 0 saturated heterocycles. The van der Waals surface area contributed by atoms with Gasteiger partial charge in [0.2, 0.25) is 0 Å². The zero-order valence-electron chi connectivity index (χ0n) is 11.3. The number of thiazole rings is 1. The van der Waals surface area contributed by atoms with Crippen LogP contribution < -0.4 is 0 Å². The lowest BCUT2D eigenvalue weighted by Crippen LogP contribution is -2.04. The molecule has 0 radical (unpaired) electrons. The number of carboxylic acid groups (broad SMARTS) is 1. The Kier molecular flexibility index (Phi) is 3.50. The highest BCUT2D eigenvalue weighted by Crippen LogP contribution is 2.24. The highest BCUT2D eigenvalue weighted by atomic mass is 32.1. The molecule has 0 fully saturated rings. The van der Waals surface area contributed by atoms with Gasteiger partial charge in [-0.1, -0.05) is 18.2 Å². The molecular weight excluding hydrogens is 284 g/mol. The topological polar surface area (TPSA) is 63.1 Å². The Morgan fingerprint density at radius 1 is 1.29 bits per heavy atom. The molecule has 0 aliphatic rings. The van der Waals surface area contributed by atoms with Crippen LogP contribution in [0.15, 0.2) is 36.0 Å². The van der Waals surface area contributed by atoms with Gasteiger partial charge >= 0.3 is 5.97 Å². The number of hydrogen-bond acceptors (Lipinski definition) is 4. The van der Waals surface area contributed by atoms with Gasteiger partial charge in [-0.3, -0.25) is 4.98 Å².